The van der Waals surface area contributed by atoms with Gasteiger partial charge in [-0.05, 0) is 31.6 Å². The van der Waals surface area contributed by atoms with Crippen LogP contribution in [0.5, 0.6) is 0 Å². The van der Waals surface area contributed by atoms with Crippen molar-refractivity contribution in [2.24, 2.45) is 5.92 Å². The zero-order valence-corrected chi connectivity index (χ0v) is 12.3. The molecule has 1 saturated carbocycles. The average Bonchev–Trinajstić information content (AvgIpc) is 2.55. The summed E-state index contributed by atoms with van der Waals surface area (Å²) in [4.78, 5) is 0. The van der Waals surface area contributed by atoms with Gasteiger partial charge in [-0.2, -0.15) is 0 Å². The average molecular weight is 385 g/mol. The third-order valence-electron chi connectivity index (χ3n) is 2.98. The van der Waals surface area contributed by atoms with E-state index in [1.54, 1.807) is 0 Å². The molecule has 0 heterocycles. The minimum Gasteiger partial charge on any atom is -0.0882 e. The molecule has 0 aromatic rings. The largest absolute Gasteiger partial charge is 0.0882 e. The van der Waals surface area contributed by atoms with E-state index in [1.165, 1.54) is 51.4 Å². The summed E-state index contributed by atoms with van der Waals surface area (Å²) < 4.78 is 0. The van der Waals surface area contributed by atoms with E-state index in [-0.39, 0.29) is 20.1 Å². The van der Waals surface area contributed by atoms with Crippen LogP contribution in [0.2, 0.25) is 0 Å². The summed E-state index contributed by atoms with van der Waals surface area (Å²) in [6, 6.07) is 0. The molecule has 2 aliphatic carbocycles. The number of allylic oxidation sites excluding steroid dienone is 4. The smallest absolute Gasteiger partial charge is 0 e. The maximum atomic E-state index is 2.34. The van der Waals surface area contributed by atoms with Crippen molar-refractivity contribution in [3.63, 3.8) is 0 Å². The first-order valence-corrected chi connectivity index (χ1v) is 6.19. The topological polar surface area (TPSA) is 0 Å². The van der Waals surface area contributed by atoms with Crippen molar-refractivity contribution in [2.45, 2.75) is 58.3 Å². The minimum atomic E-state index is 0. The van der Waals surface area contributed by atoms with Crippen LogP contribution >= 0.6 is 0 Å². The van der Waals surface area contributed by atoms with Crippen LogP contribution < -0.4 is 0 Å². The zero-order chi connectivity index (χ0) is 10.1. The van der Waals surface area contributed by atoms with Crippen LogP contribution in [0.4, 0.5) is 0 Å². The van der Waals surface area contributed by atoms with Gasteiger partial charge in [0.25, 0.3) is 0 Å². The van der Waals surface area contributed by atoms with Crippen LogP contribution in [-0.4, -0.2) is 0 Å². The Morgan fingerprint density at radius 2 is 1.07 bits per heavy atom. The second-order valence-corrected chi connectivity index (χ2v) is 4.49. The van der Waals surface area contributed by atoms with E-state index < -0.39 is 0 Å². The van der Waals surface area contributed by atoms with Gasteiger partial charge >= 0.3 is 0 Å². The molecule has 0 N–H and O–H groups in total. The molecular formula is C14H24Ir. The van der Waals surface area contributed by atoms with Gasteiger partial charge in [0.15, 0.2) is 0 Å². The standard InChI is InChI=1S/C8H12.C6H12.Ir/c1-2-4-6-8-7-5-3-1;1-6-4-2-3-5-6;/h1-2,7-8H,3-6H2;6H,2-5H2,1H3;/b2-1-,8-7?;;. The Hall–Kier alpha value is 0.129. The maximum absolute atomic E-state index is 2.34. The first kappa shape index (κ1) is 15.1. The molecule has 0 spiro atoms. The summed E-state index contributed by atoms with van der Waals surface area (Å²) in [5.74, 6) is 1.05. The van der Waals surface area contributed by atoms with Gasteiger partial charge in [0.2, 0.25) is 0 Å². The van der Waals surface area contributed by atoms with Crippen LogP contribution in [0.1, 0.15) is 58.3 Å². The fourth-order valence-electron chi connectivity index (χ4n) is 1.99. The molecular weight excluding hydrogens is 360 g/mol. The Bertz CT molecular complexity index is 150. The van der Waals surface area contributed by atoms with E-state index in [2.05, 4.69) is 31.2 Å². The van der Waals surface area contributed by atoms with Gasteiger partial charge in [-0.15, -0.1) is 0 Å². The van der Waals surface area contributed by atoms with Crippen molar-refractivity contribution in [2.75, 3.05) is 0 Å². The van der Waals surface area contributed by atoms with Crippen molar-refractivity contribution in [1.82, 2.24) is 0 Å². The first-order chi connectivity index (χ1) is 6.89. The zero-order valence-electron chi connectivity index (χ0n) is 9.88. The third-order valence-corrected chi connectivity index (χ3v) is 2.98. The molecule has 0 saturated heterocycles. The molecule has 1 radical (unpaired) electrons. The van der Waals surface area contributed by atoms with Crippen LogP contribution in [0, 0.1) is 5.92 Å². The first-order valence-electron chi connectivity index (χ1n) is 6.19. The molecule has 0 aliphatic heterocycles. The molecule has 0 amide bonds. The van der Waals surface area contributed by atoms with E-state index in [4.69, 9.17) is 0 Å². The molecule has 0 nitrogen and oxygen atoms in total. The number of rotatable bonds is 0. The molecule has 1 heteroatoms. The molecule has 2 rings (SSSR count). The van der Waals surface area contributed by atoms with E-state index in [0.717, 1.165) is 5.92 Å². The Morgan fingerprint density at radius 1 is 0.733 bits per heavy atom. The Morgan fingerprint density at radius 3 is 1.27 bits per heavy atom. The predicted molar refractivity (Wildman–Crippen MR) is 64.4 cm³/mol. The fourth-order valence-corrected chi connectivity index (χ4v) is 1.99. The molecule has 0 atom stereocenters. The van der Waals surface area contributed by atoms with Crippen molar-refractivity contribution in [1.29, 1.82) is 0 Å². The molecule has 0 unspecified atom stereocenters. The summed E-state index contributed by atoms with van der Waals surface area (Å²) in [6.45, 7) is 2.34. The summed E-state index contributed by atoms with van der Waals surface area (Å²) in [6.07, 6.45) is 19.9. The molecule has 0 aromatic carbocycles. The summed E-state index contributed by atoms with van der Waals surface area (Å²) >= 11 is 0. The van der Waals surface area contributed by atoms with Crippen LogP contribution in [0.15, 0.2) is 24.3 Å². The van der Waals surface area contributed by atoms with Gasteiger partial charge in [0, 0.05) is 20.1 Å². The number of hydrogen-bond donors (Lipinski definition) is 0. The fraction of sp³-hybridized carbons (Fsp3) is 0.714. The third kappa shape index (κ3) is 9.08. The molecule has 1 fully saturated rings. The van der Waals surface area contributed by atoms with Crippen molar-refractivity contribution >= 4 is 0 Å². The van der Waals surface area contributed by atoms with Crippen molar-refractivity contribution in [3.8, 4) is 0 Å². The Balaban J connectivity index is 0.000000253. The summed E-state index contributed by atoms with van der Waals surface area (Å²) in [5, 5.41) is 0. The quantitative estimate of drug-likeness (QED) is 0.523. The van der Waals surface area contributed by atoms with Crippen LogP contribution in [-0.2, 0) is 20.1 Å². The molecule has 89 valence electrons. The molecule has 0 bridgehead atoms. The van der Waals surface area contributed by atoms with Crippen LogP contribution in [0.3, 0.4) is 0 Å². The van der Waals surface area contributed by atoms with E-state index in [1.807, 2.05) is 0 Å². The predicted octanol–water partition coefficient (Wildman–Crippen LogP) is 4.87. The van der Waals surface area contributed by atoms with Gasteiger partial charge in [0.1, 0.15) is 0 Å². The second-order valence-electron chi connectivity index (χ2n) is 4.49. The van der Waals surface area contributed by atoms with Crippen LogP contribution in [0.25, 0.3) is 0 Å². The van der Waals surface area contributed by atoms with E-state index in [9.17, 15) is 0 Å². The monoisotopic (exact) mass is 385 g/mol. The van der Waals surface area contributed by atoms with Gasteiger partial charge in [-0.3, -0.25) is 0 Å². The molecule has 0 aromatic heterocycles. The van der Waals surface area contributed by atoms with E-state index >= 15 is 0 Å². The maximum Gasteiger partial charge on any atom is 0 e. The Kier molecular flexibility index (Phi) is 10.7. The summed E-state index contributed by atoms with van der Waals surface area (Å²) in [7, 11) is 0. The van der Waals surface area contributed by atoms with Crippen molar-refractivity contribution in [3.05, 3.63) is 24.3 Å². The Labute approximate surface area is 109 Å². The minimum absolute atomic E-state index is 0. The summed E-state index contributed by atoms with van der Waals surface area (Å²) in [5.41, 5.74) is 0. The van der Waals surface area contributed by atoms with Gasteiger partial charge in [-0.1, -0.05) is 56.9 Å². The normalized spacial score (nSPS) is 23.0. The second kappa shape index (κ2) is 10.6. The van der Waals surface area contributed by atoms with Gasteiger partial charge in [0.05, 0.1) is 0 Å². The van der Waals surface area contributed by atoms with Gasteiger partial charge in [-0.25, -0.2) is 0 Å². The van der Waals surface area contributed by atoms with E-state index in [0.29, 0.717) is 0 Å². The van der Waals surface area contributed by atoms with Gasteiger partial charge < -0.3 is 0 Å². The number of hydrogen-bond acceptors (Lipinski definition) is 0. The molecule has 15 heavy (non-hydrogen) atoms. The van der Waals surface area contributed by atoms with Crippen molar-refractivity contribution < 1.29 is 20.1 Å². The SMILES string of the molecule is C1=CCC/C=C\CC1.CC1CCCC1.[Ir]. The molecule has 2 aliphatic rings.